The lowest BCUT2D eigenvalue weighted by Crippen LogP contribution is -2.11. The molecule has 0 aliphatic heterocycles. The van der Waals surface area contributed by atoms with Crippen molar-refractivity contribution in [2.24, 2.45) is 0 Å². The molecule has 12 heavy (non-hydrogen) atoms. The van der Waals surface area contributed by atoms with Crippen LogP contribution in [0.2, 0.25) is 0 Å². The van der Waals surface area contributed by atoms with E-state index in [0.717, 1.165) is 5.69 Å². The molecule has 1 aromatic heterocycles. The van der Waals surface area contributed by atoms with Crippen LogP contribution in [-0.2, 0) is 5.41 Å². The first-order chi connectivity index (χ1) is 5.00. The molecule has 0 fully saturated rings. The van der Waals surface area contributed by atoms with E-state index in [1.165, 1.54) is 5.56 Å². The Morgan fingerprint density at radius 1 is 1.17 bits per heavy atom. The van der Waals surface area contributed by atoms with Crippen LogP contribution in [0.15, 0.2) is 18.3 Å². The van der Waals surface area contributed by atoms with Crippen LogP contribution in [-0.4, -0.2) is 4.98 Å². The quantitative estimate of drug-likeness (QED) is 0.574. The molecule has 0 spiro atoms. The molecule has 0 radical (unpaired) electrons. The minimum Gasteiger partial charge on any atom is -0.261 e. The number of pyridine rings is 1. The lowest BCUT2D eigenvalue weighted by Gasteiger charge is -2.17. The smallest absolute Gasteiger partial charge is 0.0372 e. The van der Waals surface area contributed by atoms with Crippen molar-refractivity contribution >= 4 is 0 Å². The highest BCUT2D eigenvalue weighted by Gasteiger charge is 2.12. The van der Waals surface area contributed by atoms with Gasteiger partial charge in [-0.05, 0) is 24.0 Å². The second-order valence-electron chi connectivity index (χ2n) is 3.94. The molecule has 1 heteroatoms. The minimum atomic E-state index is 0. The van der Waals surface area contributed by atoms with E-state index in [2.05, 4.69) is 37.9 Å². The van der Waals surface area contributed by atoms with E-state index in [9.17, 15) is 0 Å². The largest absolute Gasteiger partial charge is 0.261 e. The van der Waals surface area contributed by atoms with E-state index in [4.69, 9.17) is 0 Å². The lowest BCUT2D eigenvalue weighted by atomic mass is 9.88. The van der Waals surface area contributed by atoms with E-state index >= 15 is 0 Å². The molecule has 1 aromatic rings. The summed E-state index contributed by atoms with van der Waals surface area (Å²) in [4.78, 5) is 4.25. The van der Waals surface area contributed by atoms with E-state index in [1.54, 1.807) is 0 Å². The van der Waals surface area contributed by atoms with Crippen molar-refractivity contribution in [2.75, 3.05) is 0 Å². The first-order valence-electron chi connectivity index (χ1n) is 3.93. The molecule has 0 atom stereocenters. The van der Waals surface area contributed by atoms with Gasteiger partial charge in [0.05, 0.1) is 0 Å². The Labute approximate surface area is 75.8 Å². The van der Waals surface area contributed by atoms with E-state index < -0.39 is 0 Å². The number of aromatic nitrogens is 1. The zero-order valence-corrected chi connectivity index (χ0v) is 7.68. The fourth-order valence-corrected chi connectivity index (χ4v) is 0.911. The van der Waals surface area contributed by atoms with Crippen molar-refractivity contribution in [2.45, 2.75) is 40.5 Å². The molecule has 0 aromatic carbocycles. The van der Waals surface area contributed by atoms with Crippen molar-refractivity contribution < 1.29 is 0 Å². The zero-order valence-electron chi connectivity index (χ0n) is 7.68. The third-order valence-corrected chi connectivity index (χ3v) is 1.78. The van der Waals surface area contributed by atoms with Crippen LogP contribution in [0.1, 0.15) is 39.5 Å². The SMILES string of the molecule is C.Cc1ccc(C(C)(C)C)cn1. The molecular weight excluding hydrogens is 146 g/mol. The predicted molar refractivity (Wildman–Crippen MR) is 54.4 cm³/mol. The first-order valence-corrected chi connectivity index (χ1v) is 3.93. The predicted octanol–water partition coefficient (Wildman–Crippen LogP) is 3.32. The van der Waals surface area contributed by atoms with E-state index in [1.807, 2.05) is 13.1 Å². The van der Waals surface area contributed by atoms with Crippen molar-refractivity contribution in [1.29, 1.82) is 0 Å². The number of hydrogen-bond acceptors (Lipinski definition) is 1. The first kappa shape index (κ1) is 11.2. The third kappa shape index (κ3) is 2.65. The highest BCUT2D eigenvalue weighted by atomic mass is 14.7. The zero-order chi connectivity index (χ0) is 8.48. The van der Waals surface area contributed by atoms with Gasteiger partial charge in [0.25, 0.3) is 0 Å². The Morgan fingerprint density at radius 3 is 2.08 bits per heavy atom. The molecule has 0 saturated heterocycles. The number of hydrogen-bond donors (Lipinski definition) is 0. The molecule has 0 bridgehead atoms. The molecule has 0 saturated carbocycles. The normalized spacial score (nSPS) is 10.7. The lowest BCUT2D eigenvalue weighted by molar-refractivity contribution is 0.587. The van der Waals surface area contributed by atoms with Gasteiger partial charge < -0.3 is 0 Å². The molecule has 0 aliphatic rings. The van der Waals surface area contributed by atoms with Gasteiger partial charge in [-0.2, -0.15) is 0 Å². The van der Waals surface area contributed by atoms with Crippen LogP contribution in [0, 0.1) is 6.92 Å². The van der Waals surface area contributed by atoms with Crippen LogP contribution in [0.3, 0.4) is 0 Å². The maximum atomic E-state index is 4.25. The van der Waals surface area contributed by atoms with Gasteiger partial charge in [-0.25, -0.2) is 0 Å². The molecule has 0 aliphatic carbocycles. The number of nitrogens with zero attached hydrogens (tertiary/aromatic N) is 1. The second kappa shape index (κ2) is 3.70. The monoisotopic (exact) mass is 165 g/mol. The van der Waals surface area contributed by atoms with Gasteiger partial charge in [0.2, 0.25) is 0 Å². The van der Waals surface area contributed by atoms with Crippen LogP contribution in [0.25, 0.3) is 0 Å². The average molecular weight is 165 g/mol. The van der Waals surface area contributed by atoms with Gasteiger partial charge >= 0.3 is 0 Å². The van der Waals surface area contributed by atoms with E-state index in [0.29, 0.717) is 0 Å². The minimum absolute atomic E-state index is 0. The second-order valence-corrected chi connectivity index (χ2v) is 3.94. The van der Waals surface area contributed by atoms with Crippen LogP contribution < -0.4 is 0 Å². The Hall–Kier alpha value is -0.850. The Balaban J connectivity index is 0.00000121. The molecule has 0 unspecified atom stereocenters. The summed E-state index contributed by atoms with van der Waals surface area (Å²) in [5, 5.41) is 0. The summed E-state index contributed by atoms with van der Waals surface area (Å²) in [5.41, 5.74) is 2.60. The standard InChI is InChI=1S/C10H15N.CH4/c1-8-5-6-9(7-11-8)10(2,3)4;/h5-7H,1-4H3;1H4. The number of rotatable bonds is 0. The maximum Gasteiger partial charge on any atom is 0.0372 e. The maximum absolute atomic E-state index is 4.25. The molecule has 1 rings (SSSR count). The van der Waals surface area contributed by atoms with Crippen molar-refractivity contribution in [3.63, 3.8) is 0 Å². The van der Waals surface area contributed by atoms with E-state index in [-0.39, 0.29) is 12.8 Å². The van der Waals surface area contributed by atoms with Gasteiger partial charge in [-0.3, -0.25) is 4.98 Å². The van der Waals surface area contributed by atoms with Crippen molar-refractivity contribution in [3.05, 3.63) is 29.6 Å². The van der Waals surface area contributed by atoms with Crippen LogP contribution in [0.5, 0.6) is 0 Å². The summed E-state index contributed by atoms with van der Waals surface area (Å²) in [6.45, 7) is 8.59. The average Bonchev–Trinajstić information content (AvgIpc) is 1.86. The van der Waals surface area contributed by atoms with Gasteiger partial charge in [0.1, 0.15) is 0 Å². The van der Waals surface area contributed by atoms with Gasteiger partial charge in [0, 0.05) is 11.9 Å². The van der Waals surface area contributed by atoms with Crippen LogP contribution in [0.4, 0.5) is 0 Å². The van der Waals surface area contributed by atoms with Crippen molar-refractivity contribution in [3.8, 4) is 0 Å². The summed E-state index contributed by atoms with van der Waals surface area (Å²) in [6, 6.07) is 4.20. The van der Waals surface area contributed by atoms with Crippen molar-refractivity contribution in [1.82, 2.24) is 4.98 Å². The summed E-state index contributed by atoms with van der Waals surface area (Å²) >= 11 is 0. The Kier molecular flexibility index (Phi) is 3.44. The van der Waals surface area contributed by atoms with Crippen LogP contribution >= 0.6 is 0 Å². The molecule has 1 heterocycles. The topological polar surface area (TPSA) is 12.9 Å². The highest BCUT2D eigenvalue weighted by molar-refractivity contribution is 5.20. The molecule has 1 nitrogen and oxygen atoms in total. The summed E-state index contributed by atoms with van der Waals surface area (Å²) in [5.74, 6) is 0. The Morgan fingerprint density at radius 2 is 1.75 bits per heavy atom. The fraction of sp³-hybridized carbons (Fsp3) is 0.545. The highest BCUT2D eigenvalue weighted by Crippen LogP contribution is 2.20. The van der Waals surface area contributed by atoms with Gasteiger partial charge in [-0.15, -0.1) is 0 Å². The molecule has 0 N–H and O–H groups in total. The van der Waals surface area contributed by atoms with Gasteiger partial charge in [0.15, 0.2) is 0 Å². The summed E-state index contributed by atoms with van der Waals surface area (Å²) in [7, 11) is 0. The molecule has 0 amide bonds. The third-order valence-electron chi connectivity index (χ3n) is 1.78. The molecule has 68 valence electrons. The Bertz CT molecular complexity index is 228. The molecular formula is C11H19N. The number of aryl methyl sites for hydroxylation is 1. The fourth-order valence-electron chi connectivity index (χ4n) is 0.911. The summed E-state index contributed by atoms with van der Waals surface area (Å²) in [6.07, 6.45) is 1.95. The van der Waals surface area contributed by atoms with Gasteiger partial charge in [-0.1, -0.05) is 34.3 Å². The summed E-state index contributed by atoms with van der Waals surface area (Å²) < 4.78 is 0.